The number of rotatable bonds is 2. The van der Waals surface area contributed by atoms with E-state index < -0.39 is 0 Å². The molecule has 2 aliphatic rings. The third-order valence-electron chi connectivity index (χ3n) is 4.42. The van der Waals surface area contributed by atoms with Gasteiger partial charge in [-0.2, -0.15) is 0 Å². The summed E-state index contributed by atoms with van der Waals surface area (Å²) in [6.07, 6.45) is 5.87. The summed E-state index contributed by atoms with van der Waals surface area (Å²) < 4.78 is 0. The van der Waals surface area contributed by atoms with Gasteiger partial charge in [0.2, 0.25) is 0 Å². The Bertz CT molecular complexity index is 415. The van der Waals surface area contributed by atoms with Gasteiger partial charge in [-0.15, -0.1) is 0 Å². The first-order valence-electron chi connectivity index (χ1n) is 7.44. The van der Waals surface area contributed by atoms with Crippen LogP contribution in [0.25, 0.3) is 0 Å². The second-order valence-electron chi connectivity index (χ2n) is 5.87. The van der Waals surface area contributed by atoms with Gasteiger partial charge in [-0.05, 0) is 44.4 Å². The van der Waals surface area contributed by atoms with E-state index in [-0.39, 0.29) is 6.04 Å². The maximum Gasteiger partial charge on any atom is 0.128 e. The molecule has 2 unspecified atom stereocenters. The normalized spacial score (nSPS) is 26.0. The lowest BCUT2D eigenvalue weighted by atomic mass is 10.1. The summed E-state index contributed by atoms with van der Waals surface area (Å²) >= 11 is 0. The minimum Gasteiger partial charge on any atom is -0.355 e. The van der Waals surface area contributed by atoms with Gasteiger partial charge in [-0.3, -0.25) is 4.90 Å². The molecule has 1 aromatic heterocycles. The standard InChI is InChI=1S/C15H24N4/c1-12(16)13-5-6-15(17-10-13)19-9-3-8-18-7-2-4-14(18)11-19/h5-6,10,12,14H,2-4,7-9,11,16H2,1H3. The summed E-state index contributed by atoms with van der Waals surface area (Å²) in [5.74, 6) is 1.11. The van der Waals surface area contributed by atoms with Crippen LogP contribution in [0.5, 0.6) is 0 Å². The van der Waals surface area contributed by atoms with Crippen molar-refractivity contribution in [1.82, 2.24) is 9.88 Å². The summed E-state index contributed by atoms with van der Waals surface area (Å²) in [6, 6.07) is 5.04. The van der Waals surface area contributed by atoms with Gasteiger partial charge < -0.3 is 10.6 Å². The van der Waals surface area contributed by atoms with E-state index >= 15 is 0 Å². The fourth-order valence-corrected chi connectivity index (χ4v) is 3.27. The fraction of sp³-hybridized carbons (Fsp3) is 0.667. The van der Waals surface area contributed by atoms with Crippen LogP contribution >= 0.6 is 0 Å². The molecule has 0 spiro atoms. The molecule has 3 rings (SSSR count). The monoisotopic (exact) mass is 260 g/mol. The highest BCUT2D eigenvalue weighted by molar-refractivity contribution is 5.40. The third kappa shape index (κ3) is 2.74. The molecule has 4 nitrogen and oxygen atoms in total. The summed E-state index contributed by atoms with van der Waals surface area (Å²) in [7, 11) is 0. The van der Waals surface area contributed by atoms with Crippen LogP contribution in [0.3, 0.4) is 0 Å². The van der Waals surface area contributed by atoms with Crippen LogP contribution in [0.2, 0.25) is 0 Å². The van der Waals surface area contributed by atoms with Crippen molar-refractivity contribution in [2.75, 3.05) is 31.1 Å². The Morgan fingerprint density at radius 2 is 2.11 bits per heavy atom. The van der Waals surface area contributed by atoms with Crippen LogP contribution in [-0.2, 0) is 0 Å². The van der Waals surface area contributed by atoms with Crippen LogP contribution in [0.4, 0.5) is 5.82 Å². The van der Waals surface area contributed by atoms with Crippen molar-refractivity contribution in [2.24, 2.45) is 5.73 Å². The molecule has 0 aliphatic carbocycles. The van der Waals surface area contributed by atoms with E-state index in [9.17, 15) is 0 Å². The number of nitrogens with two attached hydrogens (primary N) is 1. The molecular formula is C15H24N4. The molecule has 2 fully saturated rings. The Kier molecular flexibility index (Phi) is 3.71. The first kappa shape index (κ1) is 12.9. The zero-order chi connectivity index (χ0) is 13.2. The number of pyridine rings is 1. The van der Waals surface area contributed by atoms with Crippen molar-refractivity contribution in [3.63, 3.8) is 0 Å². The van der Waals surface area contributed by atoms with Crippen molar-refractivity contribution >= 4 is 5.82 Å². The van der Waals surface area contributed by atoms with Crippen molar-refractivity contribution in [3.8, 4) is 0 Å². The Labute approximate surface area is 115 Å². The quantitative estimate of drug-likeness (QED) is 0.880. The fourth-order valence-electron chi connectivity index (χ4n) is 3.27. The van der Waals surface area contributed by atoms with Crippen LogP contribution in [0.15, 0.2) is 18.3 Å². The zero-order valence-electron chi connectivity index (χ0n) is 11.8. The Morgan fingerprint density at radius 1 is 1.26 bits per heavy atom. The molecular weight excluding hydrogens is 236 g/mol. The van der Waals surface area contributed by atoms with E-state index in [0.29, 0.717) is 0 Å². The van der Waals surface area contributed by atoms with Crippen molar-refractivity contribution in [1.29, 1.82) is 0 Å². The molecule has 104 valence electrons. The maximum absolute atomic E-state index is 5.88. The number of fused-ring (bicyclic) bond motifs is 1. The molecule has 0 saturated carbocycles. The second-order valence-corrected chi connectivity index (χ2v) is 5.87. The van der Waals surface area contributed by atoms with Crippen LogP contribution in [-0.4, -0.2) is 42.1 Å². The van der Waals surface area contributed by atoms with Gasteiger partial charge in [0.25, 0.3) is 0 Å². The summed E-state index contributed by atoms with van der Waals surface area (Å²) in [5.41, 5.74) is 6.99. The van der Waals surface area contributed by atoms with Gasteiger partial charge in [0.05, 0.1) is 0 Å². The molecule has 1 aromatic rings. The zero-order valence-corrected chi connectivity index (χ0v) is 11.8. The molecule has 2 atom stereocenters. The van der Waals surface area contributed by atoms with E-state index in [1.165, 1.54) is 32.4 Å². The Balaban J connectivity index is 1.73. The summed E-state index contributed by atoms with van der Waals surface area (Å²) in [4.78, 5) is 9.70. The van der Waals surface area contributed by atoms with Crippen LogP contribution < -0.4 is 10.6 Å². The number of aromatic nitrogens is 1. The van der Waals surface area contributed by atoms with Gasteiger partial charge in [-0.1, -0.05) is 6.07 Å². The molecule has 0 radical (unpaired) electrons. The highest BCUT2D eigenvalue weighted by atomic mass is 15.3. The average Bonchev–Trinajstić information content (AvgIpc) is 2.76. The van der Waals surface area contributed by atoms with Crippen molar-refractivity contribution in [3.05, 3.63) is 23.9 Å². The molecule has 2 N–H and O–H groups in total. The van der Waals surface area contributed by atoms with E-state index in [2.05, 4.69) is 26.9 Å². The molecule has 2 aliphatic heterocycles. The van der Waals surface area contributed by atoms with Gasteiger partial charge in [-0.25, -0.2) is 4.98 Å². The third-order valence-corrected chi connectivity index (χ3v) is 4.42. The van der Waals surface area contributed by atoms with Crippen molar-refractivity contribution in [2.45, 2.75) is 38.3 Å². The average molecular weight is 260 g/mol. The first-order valence-corrected chi connectivity index (χ1v) is 7.44. The van der Waals surface area contributed by atoms with E-state index in [1.807, 2.05) is 13.1 Å². The van der Waals surface area contributed by atoms with Gasteiger partial charge in [0.15, 0.2) is 0 Å². The lowest BCUT2D eigenvalue weighted by molar-refractivity contribution is 0.273. The Morgan fingerprint density at radius 3 is 2.84 bits per heavy atom. The molecule has 0 bridgehead atoms. The number of hydrogen-bond donors (Lipinski definition) is 1. The predicted octanol–water partition coefficient (Wildman–Crippen LogP) is 1.78. The molecule has 19 heavy (non-hydrogen) atoms. The number of hydrogen-bond acceptors (Lipinski definition) is 4. The lowest BCUT2D eigenvalue weighted by Crippen LogP contribution is -2.36. The maximum atomic E-state index is 5.88. The topological polar surface area (TPSA) is 45.4 Å². The SMILES string of the molecule is CC(N)c1ccc(N2CCCN3CCCC3C2)nc1. The molecule has 2 saturated heterocycles. The molecule has 3 heterocycles. The first-order chi connectivity index (χ1) is 9.24. The smallest absolute Gasteiger partial charge is 0.128 e. The van der Waals surface area contributed by atoms with Crippen LogP contribution in [0.1, 0.15) is 37.8 Å². The van der Waals surface area contributed by atoms with E-state index in [1.54, 1.807) is 0 Å². The minimum absolute atomic E-state index is 0.0657. The number of nitrogens with zero attached hydrogens (tertiary/aromatic N) is 3. The van der Waals surface area contributed by atoms with Gasteiger partial charge >= 0.3 is 0 Å². The van der Waals surface area contributed by atoms with Crippen molar-refractivity contribution < 1.29 is 0 Å². The molecule has 0 aromatic carbocycles. The highest BCUT2D eigenvalue weighted by Crippen LogP contribution is 2.24. The van der Waals surface area contributed by atoms with Gasteiger partial charge in [0.1, 0.15) is 5.82 Å². The highest BCUT2D eigenvalue weighted by Gasteiger charge is 2.29. The number of anilines is 1. The minimum atomic E-state index is 0.0657. The van der Waals surface area contributed by atoms with Gasteiger partial charge in [0, 0.05) is 37.9 Å². The van der Waals surface area contributed by atoms with Crippen LogP contribution in [0, 0.1) is 0 Å². The predicted molar refractivity (Wildman–Crippen MR) is 78.3 cm³/mol. The molecule has 0 amide bonds. The summed E-state index contributed by atoms with van der Waals surface area (Å²) in [5, 5.41) is 0. The lowest BCUT2D eigenvalue weighted by Gasteiger charge is -2.26. The second kappa shape index (κ2) is 5.47. The van der Waals surface area contributed by atoms with E-state index in [0.717, 1.165) is 30.5 Å². The largest absolute Gasteiger partial charge is 0.355 e. The summed E-state index contributed by atoms with van der Waals surface area (Å²) in [6.45, 7) is 6.79. The Hall–Kier alpha value is -1.13. The van der Waals surface area contributed by atoms with E-state index in [4.69, 9.17) is 5.73 Å². The molecule has 4 heteroatoms.